The normalized spacial score (nSPS) is 10.1. The number of halogens is 1. The lowest BCUT2D eigenvalue weighted by atomic mass is 10.1. The van der Waals surface area contributed by atoms with Crippen molar-refractivity contribution >= 4 is 33.5 Å². The van der Waals surface area contributed by atoms with E-state index < -0.39 is 5.97 Å². The minimum Gasteiger partial charge on any atom is -0.478 e. The first-order chi connectivity index (χ1) is 9.50. The number of para-hydroxylation sites is 1. The van der Waals surface area contributed by atoms with E-state index in [9.17, 15) is 9.59 Å². The molecule has 0 saturated heterocycles. The number of rotatable bonds is 3. The highest BCUT2D eigenvalue weighted by Gasteiger charge is 2.15. The number of carbonyl (C=O) groups is 2. The summed E-state index contributed by atoms with van der Waals surface area (Å²) in [6.07, 6.45) is 0. The van der Waals surface area contributed by atoms with Gasteiger partial charge in [-0.2, -0.15) is 0 Å². The molecule has 4 nitrogen and oxygen atoms in total. The molecule has 0 heterocycles. The maximum absolute atomic E-state index is 12.2. The molecule has 0 aliphatic rings. The molecule has 5 heteroatoms. The Hall–Kier alpha value is -2.14. The summed E-state index contributed by atoms with van der Waals surface area (Å²) in [4.78, 5) is 23.3. The Morgan fingerprint density at radius 3 is 2.40 bits per heavy atom. The summed E-state index contributed by atoms with van der Waals surface area (Å²) in [6.45, 7) is 1.88. The number of anilines is 1. The molecule has 0 radical (unpaired) electrons. The van der Waals surface area contributed by atoms with Crippen LogP contribution in [0.25, 0.3) is 0 Å². The summed E-state index contributed by atoms with van der Waals surface area (Å²) in [7, 11) is 0. The van der Waals surface area contributed by atoms with Gasteiger partial charge in [-0.1, -0.05) is 24.3 Å². The molecule has 0 spiro atoms. The Morgan fingerprint density at radius 1 is 1.05 bits per heavy atom. The fraction of sp³-hybridized carbons (Fsp3) is 0.0667. The van der Waals surface area contributed by atoms with Crippen LogP contribution in [0.2, 0.25) is 0 Å². The highest BCUT2D eigenvalue weighted by molar-refractivity contribution is 9.10. The summed E-state index contributed by atoms with van der Waals surface area (Å²) in [5.74, 6) is -1.43. The summed E-state index contributed by atoms with van der Waals surface area (Å²) >= 11 is 3.36. The van der Waals surface area contributed by atoms with Crippen LogP contribution in [0.5, 0.6) is 0 Å². The molecule has 2 aromatic carbocycles. The number of nitrogens with one attached hydrogen (secondary N) is 1. The van der Waals surface area contributed by atoms with Crippen LogP contribution in [0.3, 0.4) is 0 Å². The molecule has 102 valence electrons. The van der Waals surface area contributed by atoms with Crippen LogP contribution in [-0.4, -0.2) is 17.0 Å². The first kappa shape index (κ1) is 14.3. The second-order valence-corrected chi connectivity index (χ2v) is 5.03. The first-order valence-electron chi connectivity index (χ1n) is 5.89. The number of carboxylic acids is 1. The van der Waals surface area contributed by atoms with Crippen LogP contribution in [0.1, 0.15) is 26.3 Å². The number of hydrogen-bond acceptors (Lipinski definition) is 2. The third-order valence-electron chi connectivity index (χ3n) is 2.84. The summed E-state index contributed by atoms with van der Waals surface area (Å²) in [5.41, 5.74) is 1.73. The molecule has 0 atom stereocenters. The molecule has 0 aliphatic heterocycles. The van der Waals surface area contributed by atoms with Crippen molar-refractivity contribution in [3.63, 3.8) is 0 Å². The summed E-state index contributed by atoms with van der Waals surface area (Å²) < 4.78 is 0.699. The van der Waals surface area contributed by atoms with Crippen molar-refractivity contribution in [2.45, 2.75) is 6.92 Å². The van der Waals surface area contributed by atoms with Crippen molar-refractivity contribution in [3.8, 4) is 0 Å². The van der Waals surface area contributed by atoms with Gasteiger partial charge in [0.2, 0.25) is 0 Å². The summed E-state index contributed by atoms with van der Waals surface area (Å²) in [6, 6.07) is 11.6. The second kappa shape index (κ2) is 5.88. The first-order valence-corrected chi connectivity index (χ1v) is 6.69. The largest absolute Gasteiger partial charge is 0.478 e. The van der Waals surface area contributed by atoms with E-state index in [-0.39, 0.29) is 17.2 Å². The van der Waals surface area contributed by atoms with Crippen molar-refractivity contribution in [1.82, 2.24) is 0 Å². The predicted octanol–water partition coefficient (Wildman–Crippen LogP) is 3.71. The van der Waals surface area contributed by atoms with Crippen LogP contribution >= 0.6 is 15.9 Å². The number of aryl methyl sites for hydroxylation is 1. The van der Waals surface area contributed by atoms with Crippen molar-refractivity contribution < 1.29 is 14.7 Å². The third-order valence-corrected chi connectivity index (χ3v) is 3.89. The molecule has 1 amide bonds. The SMILES string of the molecule is Cc1cccc(C(=O)Nc2ccccc2C(=O)O)c1Br. The van der Waals surface area contributed by atoms with Crippen LogP contribution < -0.4 is 5.32 Å². The zero-order valence-electron chi connectivity index (χ0n) is 10.7. The van der Waals surface area contributed by atoms with Gasteiger partial charge in [-0.15, -0.1) is 0 Å². The quantitative estimate of drug-likeness (QED) is 0.899. The van der Waals surface area contributed by atoms with Crippen LogP contribution in [0.15, 0.2) is 46.9 Å². The third kappa shape index (κ3) is 2.88. The van der Waals surface area contributed by atoms with E-state index >= 15 is 0 Å². The molecule has 2 rings (SSSR count). The van der Waals surface area contributed by atoms with Crippen LogP contribution in [0.4, 0.5) is 5.69 Å². The summed E-state index contributed by atoms with van der Waals surface area (Å²) in [5, 5.41) is 11.7. The van der Waals surface area contributed by atoms with Gasteiger partial charge in [-0.3, -0.25) is 4.79 Å². The van der Waals surface area contributed by atoms with Gasteiger partial charge < -0.3 is 10.4 Å². The van der Waals surface area contributed by atoms with Gasteiger partial charge in [0.15, 0.2) is 0 Å². The number of carboxylic acid groups (broad SMARTS) is 1. The van der Waals surface area contributed by atoms with Crippen LogP contribution in [-0.2, 0) is 0 Å². The Kier molecular flexibility index (Phi) is 4.20. The molecule has 2 aromatic rings. The minimum absolute atomic E-state index is 0.0598. The minimum atomic E-state index is -1.08. The number of aromatic carboxylic acids is 1. The molecular weight excluding hydrogens is 322 g/mol. The topological polar surface area (TPSA) is 66.4 Å². The smallest absolute Gasteiger partial charge is 0.337 e. The maximum atomic E-state index is 12.2. The van der Waals surface area contributed by atoms with Crippen molar-refractivity contribution in [2.24, 2.45) is 0 Å². The van der Waals surface area contributed by atoms with Crippen molar-refractivity contribution in [3.05, 3.63) is 63.6 Å². The Labute approximate surface area is 124 Å². The molecule has 0 aromatic heterocycles. The van der Waals surface area contributed by atoms with Gasteiger partial charge in [0.05, 0.1) is 16.8 Å². The van der Waals surface area contributed by atoms with E-state index in [1.54, 1.807) is 30.3 Å². The van der Waals surface area contributed by atoms with Crippen molar-refractivity contribution in [2.75, 3.05) is 5.32 Å². The van der Waals surface area contributed by atoms with E-state index in [1.165, 1.54) is 6.07 Å². The monoisotopic (exact) mass is 333 g/mol. The highest BCUT2D eigenvalue weighted by Crippen LogP contribution is 2.23. The molecule has 0 aliphatic carbocycles. The van der Waals surface area contributed by atoms with Crippen LogP contribution in [0, 0.1) is 6.92 Å². The lowest BCUT2D eigenvalue weighted by Crippen LogP contribution is -2.15. The Morgan fingerprint density at radius 2 is 1.70 bits per heavy atom. The van der Waals surface area contributed by atoms with E-state index in [0.29, 0.717) is 10.0 Å². The van der Waals surface area contributed by atoms with Gasteiger partial charge in [-0.05, 0) is 46.6 Å². The van der Waals surface area contributed by atoms with Crippen molar-refractivity contribution in [1.29, 1.82) is 0 Å². The molecule has 2 N–H and O–H groups in total. The highest BCUT2D eigenvalue weighted by atomic mass is 79.9. The van der Waals surface area contributed by atoms with Gasteiger partial charge >= 0.3 is 5.97 Å². The lowest BCUT2D eigenvalue weighted by Gasteiger charge is -2.10. The van der Waals surface area contributed by atoms with E-state index in [0.717, 1.165) is 5.56 Å². The number of benzene rings is 2. The molecule has 0 saturated carbocycles. The zero-order chi connectivity index (χ0) is 14.7. The lowest BCUT2D eigenvalue weighted by molar-refractivity contribution is 0.0698. The average Bonchev–Trinajstić information content (AvgIpc) is 2.42. The van der Waals surface area contributed by atoms with E-state index in [1.807, 2.05) is 13.0 Å². The maximum Gasteiger partial charge on any atom is 0.337 e. The molecule has 0 fully saturated rings. The average molecular weight is 334 g/mol. The van der Waals surface area contributed by atoms with Gasteiger partial charge in [0.25, 0.3) is 5.91 Å². The van der Waals surface area contributed by atoms with Gasteiger partial charge in [0.1, 0.15) is 0 Å². The Balaban J connectivity index is 2.33. The van der Waals surface area contributed by atoms with E-state index in [2.05, 4.69) is 21.2 Å². The van der Waals surface area contributed by atoms with Gasteiger partial charge in [0, 0.05) is 4.47 Å². The number of carbonyl (C=O) groups excluding carboxylic acids is 1. The molecule has 0 bridgehead atoms. The van der Waals surface area contributed by atoms with E-state index in [4.69, 9.17) is 5.11 Å². The predicted molar refractivity (Wildman–Crippen MR) is 80.2 cm³/mol. The number of amides is 1. The molecule has 0 unspecified atom stereocenters. The number of hydrogen-bond donors (Lipinski definition) is 2. The standard InChI is InChI=1S/C15H12BrNO3/c1-9-5-4-7-11(13(9)16)14(18)17-12-8-3-2-6-10(12)15(19)20/h2-8H,1H3,(H,17,18)(H,19,20). The Bertz CT molecular complexity index is 683. The fourth-order valence-electron chi connectivity index (χ4n) is 1.79. The fourth-order valence-corrected chi connectivity index (χ4v) is 2.24. The molecule has 20 heavy (non-hydrogen) atoms. The second-order valence-electron chi connectivity index (χ2n) is 4.24. The van der Waals surface area contributed by atoms with Gasteiger partial charge in [-0.25, -0.2) is 4.79 Å². The molecular formula is C15H12BrNO3. The zero-order valence-corrected chi connectivity index (χ0v) is 12.3.